The normalized spacial score (nSPS) is 24.8. The third kappa shape index (κ3) is 4.60. The highest BCUT2D eigenvalue weighted by molar-refractivity contribution is 8.16. The topological polar surface area (TPSA) is 123 Å². The van der Waals surface area contributed by atoms with Gasteiger partial charge in [0.15, 0.2) is 15.0 Å². The molecule has 2 aliphatic rings. The predicted molar refractivity (Wildman–Crippen MR) is 100 cm³/mol. The molecule has 9 nitrogen and oxygen atoms in total. The number of thioether (sulfide) groups is 1. The Morgan fingerprint density at radius 1 is 1.33 bits per heavy atom. The largest absolute Gasteiger partial charge is 0.497 e. The van der Waals surface area contributed by atoms with Crippen molar-refractivity contribution in [1.29, 1.82) is 0 Å². The number of rotatable bonds is 6. The molecule has 146 valence electrons. The molecule has 27 heavy (non-hydrogen) atoms. The summed E-state index contributed by atoms with van der Waals surface area (Å²) in [5.74, 6) is -1.22. The smallest absolute Gasteiger partial charge is 0.329 e. The maximum absolute atomic E-state index is 12.0. The molecule has 1 N–H and O–H groups in total. The van der Waals surface area contributed by atoms with Crippen molar-refractivity contribution >= 4 is 44.3 Å². The zero-order valence-corrected chi connectivity index (χ0v) is 16.0. The molecule has 0 bridgehead atoms. The van der Waals surface area contributed by atoms with Crippen LogP contribution in [0.15, 0.2) is 29.3 Å². The summed E-state index contributed by atoms with van der Waals surface area (Å²) in [6.45, 7) is -1.05. The maximum Gasteiger partial charge on any atom is 0.329 e. The minimum absolute atomic E-state index is 0.0194. The number of carboxylic acids is 1. The second-order valence-corrected chi connectivity index (χ2v) is 9.41. The first-order chi connectivity index (χ1) is 12.8. The molecule has 0 unspecified atom stereocenters. The van der Waals surface area contributed by atoms with Crippen molar-refractivity contribution in [2.75, 3.05) is 36.7 Å². The lowest BCUT2D eigenvalue weighted by molar-refractivity contribution is -0.143. The maximum atomic E-state index is 12.0. The Bertz CT molecular complexity index is 885. The fourth-order valence-corrected chi connectivity index (χ4v) is 6.92. The van der Waals surface area contributed by atoms with Crippen LogP contribution in [0.25, 0.3) is 0 Å². The number of anilines is 1. The van der Waals surface area contributed by atoms with E-state index in [4.69, 9.17) is 14.6 Å². The number of sulfone groups is 1. The van der Waals surface area contributed by atoms with Crippen LogP contribution in [0.1, 0.15) is 0 Å². The molecule has 0 radical (unpaired) electrons. The van der Waals surface area contributed by atoms with Crippen LogP contribution in [0.3, 0.4) is 0 Å². The second kappa shape index (κ2) is 7.87. The molecule has 3 rings (SSSR count). The van der Waals surface area contributed by atoms with Gasteiger partial charge in [-0.3, -0.25) is 4.79 Å². The summed E-state index contributed by atoms with van der Waals surface area (Å²) >= 11 is 1.23. The Labute approximate surface area is 160 Å². The molecule has 0 spiro atoms. The Balaban J connectivity index is 1.87. The molecular formula is C16H18N2O7S2. The van der Waals surface area contributed by atoms with Crippen molar-refractivity contribution < 1.29 is 32.6 Å². The van der Waals surface area contributed by atoms with Crippen LogP contribution >= 0.6 is 11.8 Å². The van der Waals surface area contributed by atoms with Gasteiger partial charge in [-0.05, 0) is 12.1 Å². The van der Waals surface area contributed by atoms with E-state index in [1.807, 2.05) is 0 Å². The number of benzene rings is 1. The number of aliphatic imine (C=N–C) groups is 1. The third-order valence-corrected chi connectivity index (χ3v) is 7.28. The van der Waals surface area contributed by atoms with Crippen LogP contribution < -0.4 is 9.64 Å². The lowest BCUT2D eigenvalue weighted by Gasteiger charge is -2.24. The fourth-order valence-electron chi connectivity index (χ4n) is 2.99. The van der Waals surface area contributed by atoms with Gasteiger partial charge in [0.2, 0.25) is 0 Å². The van der Waals surface area contributed by atoms with Crippen LogP contribution in [-0.4, -0.2) is 73.7 Å². The second-order valence-electron chi connectivity index (χ2n) is 6.05. The van der Waals surface area contributed by atoms with E-state index in [0.29, 0.717) is 16.6 Å². The van der Waals surface area contributed by atoms with Crippen LogP contribution in [0.2, 0.25) is 0 Å². The van der Waals surface area contributed by atoms with Crippen molar-refractivity contribution in [1.82, 2.24) is 0 Å². The standard InChI is InChI=1S/C16H18N2O7S2/c1-24-11-4-2-3-10(5-11)18-12-8-27(22,23)9-13(12)26-16(18)17-14(19)6-25-7-15(20)21/h2-5,12-13H,6-9H2,1H3,(H,20,21)/t12-,13-/m1/s1. The van der Waals surface area contributed by atoms with Gasteiger partial charge in [-0.15, -0.1) is 0 Å². The van der Waals surface area contributed by atoms with Crippen molar-refractivity contribution in [3.05, 3.63) is 24.3 Å². The summed E-state index contributed by atoms with van der Waals surface area (Å²) in [7, 11) is -1.63. The molecule has 1 aromatic rings. The van der Waals surface area contributed by atoms with E-state index in [2.05, 4.69) is 4.99 Å². The summed E-state index contributed by atoms with van der Waals surface area (Å²) in [4.78, 5) is 28.3. The van der Waals surface area contributed by atoms with Gasteiger partial charge < -0.3 is 19.5 Å². The molecule has 0 aliphatic carbocycles. The van der Waals surface area contributed by atoms with Crippen molar-refractivity contribution in [3.8, 4) is 5.75 Å². The van der Waals surface area contributed by atoms with Gasteiger partial charge in [0.25, 0.3) is 5.91 Å². The van der Waals surface area contributed by atoms with Crippen LogP contribution in [-0.2, 0) is 24.2 Å². The molecule has 2 fully saturated rings. The lowest BCUT2D eigenvalue weighted by atomic mass is 10.2. The van der Waals surface area contributed by atoms with Gasteiger partial charge in [0.05, 0.1) is 24.7 Å². The molecule has 2 aliphatic heterocycles. The number of hydrogen-bond acceptors (Lipinski definition) is 7. The van der Waals surface area contributed by atoms with E-state index in [1.165, 1.54) is 18.9 Å². The molecule has 2 saturated heterocycles. The van der Waals surface area contributed by atoms with E-state index in [-0.39, 0.29) is 22.8 Å². The Morgan fingerprint density at radius 3 is 2.81 bits per heavy atom. The van der Waals surface area contributed by atoms with Crippen molar-refractivity contribution in [2.45, 2.75) is 11.3 Å². The number of ether oxygens (including phenoxy) is 2. The number of carboxylic acid groups (broad SMARTS) is 1. The SMILES string of the molecule is COc1cccc(N2C(=NC(=O)COCC(=O)O)S[C@@H]3CS(=O)(=O)C[C@H]32)c1. The van der Waals surface area contributed by atoms with Crippen LogP contribution in [0.4, 0.5) is 5.69 Å². The zero-order chi connectivity index (χ0) is 19.6. The van der Waals surface area contributed by atoms with Gasteiger partial charge in [0.1, 0.15) is 19.0 Å². The number of nitrogens with zero attached hydrogens (tertiary/aromatic N) is 2. The first-order valence-corrected chi connectivity index (χ1v) is 10.7. The van der Waals surface area contributed by atoms with Crippen LogP contribution in [0.5, 0.6) is 5.75 Å². The number of carbonyl (C=O) groups is 2. The molecule has 0 aromatic heterocycles. The quantitative estimate of drug-likeness (QED) is 0.704. The van der Waals surface area contributed by atoms with Crippen LogP contribution in [0, 0.1) is 0 Å². The summed E-state index contributed by atoms with van der Waals surface area (Å²) in [6, 6.07) is 6.73. The van der Waals surface area contributed by atoms with E-state index >= 15 is 0 Å². The number of amidine groups is 1. The van der Waals surface area contributed by atoms with Gasteiger partial charge in [-0.1, -0.05) is 17.8 Å². The highest BCUT2D eigenvalue weighted by Gasteiger charge is 2.49. The molecule has 0 saturated carbocycles. The monoisotopic (exact) mass is 414 g/mol. The number of methoxy groups -OCH3 is 1. The molecular weight excluding hydrogens is 396 g/mol. The van der Waals surface area contributed by atoms with E-state index in [0.717, 1.165) is 0 Å². The number of carbonyl (C=O) groups excluding carboxylic acids is 1. The average molecular weight is 414 g/mol. The summed E-state index contributed by atoms with van der Waals surface area (Å²) < 4.78 is 34.1. The number of aliphatic carboxylic acids is 1. The number of hydrogen-bond donors (Lipinski definition) is 1. The number of fused-ring (bicyclic) bond motifs is 1. The number of amides is 1. The van der Waals surface area contributed by atoms with E-state index in [1.54, 1.807) is 29.2 Å². The van der Waals surface area contributed by atoms with Crippen molar-refractivity contribution in [3.63, 3.8) is 0 Å². The predicted octanol–water partition coefficient (Wildman–Crippen LogP) is 0.398. The van der Waals surface area contributed by atoms with Gasteiger partial charge >= 0.3 is 5.97 Å². The molecule has 1 amide bonds. The Kier molecular flexibility index (Phi) is 5.72. The average Bonchev–Trinajstić information content (AvgIpc) is 3.05. The summed E-state index contributed by atoms with van der Waals surface area (Å²) in [6.07, 6.45) is 0. The molecule has 2 heterocycles. The van der Waals surface area contributed by atoms with Gasteiger partial charge in [-0.25, -0.2) is 13.2 Å². The fraction of sp³-hybridized carbons (Fsp3) is 0.438. The Hall–Kier alpha value is -2.11. The molecule has 2 atom stereocenters. The minimum atomic E-state index is -3.16. The van der Waals surface area contributed by atoms with Crippen molar-refractivity contribution in [2.24, 2.45) is 4.99 Å². The highest BCUT2D eigenvalue weighted by Crippen LogP contribution is 2.41. The first-order valence-electron chi connectivity index (χ1n) is 8.00. The highest BCUT2D eigenvalue weighted by atomic mass is 32.2. The summed E-state index contributed by atoms with van der Waals surface area (Å²) in [5.41, 5.74) is 0.671. The minimum Gasteiger partial charge on any atom is -0.497 e. The summed E-state index contributed by atoms with van der Waals surface area (Å²) in [5, 5.41) is 8.70. The van der Waals surface area contributed by atoms with Gasteiger partial charge in [-0.2, -0.15) is 4.99 Å². The van der Waals surface area contributed by atoms with E-state index in [9.17, 15) is 18.0 Å². The van der Waals surface area contributed by atoms with E-state index < -0.39 is 34.9 Å². The van der Waals surface area contributed by atoms with Gasteiger partial charge in [0, 0.05) is 17.0 Å². The first kappa shape index (κ1) is 19.6. The third-order valence-electron chi connectivity index (χ3n) is 4.07. The molecule has 11 heteroatoms. The Morgan fingerprint density at radius 2 is 2.11 bits per heavy atom. The zero-order valence-electron chi connectivity index (χ0n) is 14.4. The molecule has 1 aromatic carbocycles. The lowest BCUT2D eigenvalue weighted by Crippen LogP contribution is -2.37.